The molecule has 1 N–H and O–H groups in total. The molecule has 3 fully saturated rings. The summed E-state index contributed by atoms with van der Waals surface area (Å²) in [6.07, 6.45) is 17.8. The van der Waals surface area contributed by atoms with Gasteiger partial charge in [-0.25, -0.2) is 0 Å². The molecule has 1 nitrogen and oxygen atoms in total. The minimum absolute atomic E-state index is 0.114. The molecule has 4 rings (SSSR count). The van der Waals surface area contributed by atoms with E-state index >= 15 is 0 Å². The standard InChI is InChI=1S/C27H46O/c1-18(2)25(28)14-9-19(3)22-12-13-23-21-11-10-20-8-6-7-16-26(20,4)24(21)15-17-27(22,23)5/h10,18-19,21-25,28H,6-9,11-17H2,1-5H3/t19-,21+,22-,23+,24+,25?,26+,27-/m1/s1. The van der Waals surface area contributed by atoms with Gasteiger partial charge < -0.3 is 5.11 Å². The molecule has 0 aliphatic heterocycles. The normalized spacial score (nSPS) is 45.0. The van der Waals surface area contributed by atoms with Crippen molar-refractivity contribution in [1.29, 1.82) is 0 Å². The van der Waals surface area contributed by atoms with E-state index in [0.29, 0.717) is 16.7 Å². The predicted octanol–water partition coefficient (Wildman–Crippen LogP) is 7.39. The Kier molecular flexibility index (Phi) is 5.80. The molecular formula is C27H46O. The van der Waals surface area contributed by atoms with Gasteiger partial charge in [0.05, 0.1) is 6.10 Å². The molecule has 4 aliphatic carbocycles. The maximum atomic E-state index is 10.3. The van der Waals surface area contributed by atoms with Crippen LogP contribution >= 0.6 is 0 Å². The lowest BCUT2D eigenvalue weighted by atomic mass is 9.47. The Morgan fingerprint density at radius 3 is 2.54 bits per heavy atom. The van der Waals surface area contributed by atoms with Crippen LogP contribution in [0.15, 0.2) is 11.6 Å². The van der Waals surface area contributed by atoms with Crippen LogP contribution in [-0.4, -0.2) is 11.2 Å². The Hall–Kier alpha value is -0.300. The van der Waals surface area contributed by atoms with E-state index in [9.17, 15) is 5.11 Å². The Bertz CT molecular complexity index is 591. The van der Waals surface area contributed by atoms with Crippen LogP contribution in [0.2, 0.25) is 0 Å². The van der Waals surface area contributed by atoms with Crippen LogP contribution in [-0.2, 0) is 0 Å². The van der Waals surface area contributed by atoms with Gasteiger partial charge in [-0.05, 0) is 111 Å². The lowest BCUT2D eigenvalue weighted by Crippen LogP contribution is -2.50. The number of aliphatic hydroxyl groups is 1. The Labute approximate surface area is 174 Å². The monoisotopic (exact) mass is 386 g/mol. The fourth-order valence-corrected chi connectivity index (χ4v) is 8.64. The van der Waals surface area contributed by atoms with Crippen molar-refractivity contribution in [1.82, 2.24) is 0 Å². The Morgan fingerprint density at radius 2 is 1.79 bits per heavy atom. The maximum absolute atomic E-state index is 10.3. The van der Waals surface area contributed by atoms with Crippen LogP contribution in [0.3, 0.4) is 0 Å². The summed E-state index contributed by atoms with van der Waals surface area (Å²) in [4.78, 5) is 0. The molecule has 160 valence electrons. The van der Waals surface area contributed by atoms with Crippen molar-refractivity contribution in [2.45, 2.75) is 111 Å². The number of rotatable bonds is 5. The first kappa shape index (κ1) is 21.0. The zero-order chi connectivity index (χ0) is 20.1. The topological polar surface area (TPSA) is 20.2 Å². The quantitative estimate of drug-likeness (QED) is 0.488. The molecule has 0 radical (unpaired) electrons. The molecule has 3 saturated carbocycles. The zero-order valence-electron chi connectivity index (χ0n) is 19.3. The fourth-order valence-electron chi connectivity index (χ4n) is 8.64. The molecule has 0 saturated heterocycles. The van der Waals surface area contributed by atoms with Crippen LogP contribution in [0.25, 0.3) is 0 Å². The average molecular weight is 387 g/mol. The molecule has 1 heteroatoms. The molecule has 0 spiro atoms. The van der Waals surface area contributed by atoms with Gasteiger partial charge in [0.2, 0.25) is 0 Å². The Morgan fingerprint density at radius 1 is 1.00 bits per heavy atom. The minimum atomic E-state index is -0.114. The van der Waals surface area contributed by atoms with Crippen LogP contribution in [0.5, 0.6) is 0 Å². The summed E-state index contributed by atoms with van der Waals surface area (Å²) in [5.41, 5.74) is 2.93. The molecule has 0 amide bonds. The molecule has 4 aliphatic rings. The highest BCUT2D eigenvalue weighted by Crippen LogP contribution is 2.67. The number of allylic oxidation sites excluding steroid dienone is 2. The number of fused-ring (bicyclic) bond motifs is 5. The van der Waals surface area contributed by atoms with Crippen molar-refractivity contribution in [3.63, 3.8) is 0 Å². The molecule has 8 atom stereocenters. The first-order valence-corrected chi connectivity index (χ1v) is 12.6. The van der Waals surface area contributed by atoms with Gasteiger partial charge in [-0.3, -0.25) is 0 Å². The van der Waals surface area contributed by atoms with E-state index in [-0.39, 0.29) is 6.10 Å². The molecule has 0 aromatic heterocycles. The van der Waals surface area contributed by atoms with E-state index in [1.54, 1.807) is 0 Å². The average Bonchev–Trinajstić information content (AvgIpc) is 3.02. The third kappa shape index (κ3) is 3.32. The summed E-state index contributed by atoms with van der Waals surface area (Å²) in [6.45, 7) is 12.1. The summed E-state index contributed by atoms with van der Waals surface area (Å²) in [5, 5.41) is 10.3. The van der Waals surface area contributed by atoms with Crippen LogP contribution < -0.4 is 0 Å². The Balaban J connectivity index is 1.48. The fraction of sp³-hybridized carbons (Fsp3) is 0.926. The van der Waals surface area contributed by atoms with Crippen molar-refractivity contribution in [2.24, 2.45) is 46.3 Å². The largest absolute Gasteiger partial charge is 0.393 e. The van der Waals surface area contributed by atoms with Crippen LogP contribution in [0.4, 0.5) is 0 Å². The second-order valence-electron chi connectivity index (χ2n) is 12.1. The van der Waals surface area contributed by atoms with E-state index in [1.807, 2.05) is 5.57 Å². The van der Waals surface area contributed by atoms with E-state index in [4.69, 9.17) is 0 Å². The lowest BCUT2D eigenvalue weighted by molar-refractivity contribution is -0.0508. The van der Waals surface area contributed by atoms with Gasteiger partial charge >= 0.3 is 0 Å². The summed E-state index contributed by atoms with van der Waals surface area (Å²) < 4.78 is 0. The predicted molar refractivity (Wildman–Crippen MR) is 119 cm³/mol. The highest BCUT2D eigenvalue weighted by molar-refractivity contribution is 5.24. The third-order valence-electron chi connectivity index (χ3n) is 10.5. The molecular weight excluding hydrogens is 340 g/mol. The molecule has 0 heterocycles. The van der Waals surface area contributed by atoms with Gasteiger partial charge in [-0.15, -0.1) is 0 Å². The highest BCUT2D eigenvalue weighted by Gasteiger charge is 2.58. The van der Waals surface area contributed by atoms with Gasteiger partial charge in [0.25, 0.3) is 0 Å². The molecule has 1 unspecified atom stereocenters. The lowest BCUT2D eigenvalue weighted by Gasteiger charge is -2.58. The van der Waals surface area contributed by atoms with Crippen molar-refractivity contribution < 1.29 is 5.11 Å². The van der Waals surface area contributed by atoms with Crippen molar-refractivity contribution in [2.75, 3.05) is 0 Å². The zero-order valence-corrected chi connectivity index (χ0v) is 19.3. The second kappa shape index (κ2) is 7.75. The SMILES string of the molecule is CC(C)C(O)CC[C@@H](C)[C@H]1CC[C@H]2[C@@H]3CC=C4CCCC[C@]4(C)[C@H]3CC[C@]12C. The van der Waals surface area contributed by atoms with Crippen molar-refractivity contribution >= 4 is 0 Å². The second-order valence-corrected chi connectivity index (χ2v) is 12.1. The van der Waals surface area contributed by atoms with Crippen molar-refractivity contribution in [3.8, 4) is 0 Å². The van der Waals surface area contributed by atoms with Crippen molar-refractivity contribution in [3.05, 3.63) is 11.6 Å². The molecule has 0 aromatic carbocycles. The van der Waals surface area contributed by atoms with E-state index in [2.05, 4.69) is 40.7 Å². The molecule has 28 heavy (non-hydrogen) atoms. The number of aliphatic hydroxyl groups excluding tert-OH is 1. The van der Waals surface area contributed by atoms with Crippen LogP contribution in [0, 0.1) is 46.3 Å². The minimum Gasteiger partial charge on any atom is -0.393 e. The van der Waals surface area contributed by atoms with Gasteiger partial charge in [-0.1, -0.05) is 52.7 Å². The smallest absolute Gasteiger partial charge is 0.0563 e. The van der Waals surface area contributed by atoms with Gasteiger partial charge in [0.1, 0.15) is 0 Å². The molecule has 0 aromatic rings. The van der Waals surface area contributed by atoms with Crippen LogP contribution in [0.1, 0.15) is 105 Å². The van der Waals surface area contributed by atoms with Gasteiger partial charge in [0, 0.05) is 0 Å². The van der Waals surface area contributed by atoms with E-state index in [0.717, 1.165) is 36.0 Å². The van der Waals surface area contributed by atoms with Gasteiger partial charge in [0.15, 0.2) is 0 Å². The van der Waals surface area contributed by atoms with E-state index in [1.165, 1.54) is 64.2 Å². The summed E-state index contributed by atoms with van der Waals surface area (Å²) >= 11 is 0. The summed E-state index contributed by atoms with van der Waals surface area (Å²) in [6, 6.07) is 0. The van der Waals surface area contributed by atoms with Gasteiger partial charge in [-0.2, -0.15) is 0 Å². The maximum Gasteiger partial charge on any atom is 0.0563 e. The third-order valence-corrected chi connectivity index (χ3v) is 10.5. The van der Waals surface area contributed by atoms with E-state index < -0.39 is 0 Å². The summed E-state index contributed by atoms with van der Waals surface area (Å²) in [5.74, 6) is 4.90. The first-order chi connectivity index (χ1) is 13.3. The highest BCUT2D eigenvalue weighted by atomic mass is 16.3. The first-order valence-electron chi connectivity index (χ1n) is 12.6. The number of hydrogen-bond acceptors (Lipinski definition) is 1. The number of hydrogen-bond donors (Lipinski definition) is 1. The summed E-state index contributed by atoms with van der Waals surface area (Å²) in [7, 11) is 0. The molecule has 0 bridgehead atoms.